The van der Waals surface area contributed by atoms with Gasteiger partial charge in [-0.1, -0.05) is 30.3 Å². The Bertz CT molecular complexity index is 1210. The van der Waals surface area contributed by atoms with E-state index in [1.54, 1.807) is 19.2 Å². The quantitative estimate of drug-likeness (QED) is 0.525. The van der Waals surface area contributed by atoms with E-state index in [2.05, 4.69) is 20.5 Å². The molecule has 35 heavy (non-hydrogen) atoms. The molecule has 5 rings (SSSR count). The monoisotopic (exact) mass is 484 g/mol. The summed E-state index contributed by atoms with van der Waals surface area (Å²) in [5.41, 5.74) is 0.896. The molecule has 8 nitrogen and oxygen atoms in total. The molecule has 1 aromatic heterocycles. The van der Waals surface area contributed by atoms with Gasteiger partial charge in [0.1, 0.15) is 5.69 Å². The number of nitrogens with zero attached hydrogens (tertiary/aromatic N) is 2. The smallest absolute Gasteiger partial charge is 0.319 e. The van der Waals surface area contributed by atoms with Crippen molar-refractivity contribution in [2.45, 2.75) is 18.4 Å². The summed E-state index contributed by atoms with van der Waals surface area (Å²) in [6, 6.07) is 13.9. The molecule has 2 aliphatic heterocycles. The van der Waals surface area contributed by atoms with E-state index < -0.39 is 18.2 Å². The van der Waals surface area contributed by atoms with E-state index in [-0.39, 0.29) is 24.4 Å². The highest BCUT2D eigenvalue weighted by Gasteiger charge is 2.35. The summed E-state index contributed by atoms with van der Waals surface area (Å²) >= 11 is 0. The molecule has 0 spiro atoms. The average molecular weight is 485 g/mol. The number of halogens is 2. The van der Waals surface area contributed by atoms with Gasteiger partial charge in [0, 0.05) is 44.1 Å². The van der Waals surface area contributed by atoms with E-state index in [9.17, 15) is 13.6 Å². The Hall–Kier alpha value is -3.50. The van der Waals surface area contributed by atoms with E-state index in [4.69, 9.17) is 14.2 Å². The maximum Gasteiger partial charge on any atom is 0.319 e. The number of aromatic nitrogens is 1. The Morgan fingerprint density at radius 1 is 1.17 bits per heavy atom. The Morgan fingerprint density at radius 3 is 2.69 bits per heavy atom. The van der Waals surface area contributed by atoms with Gasteiger partial charge >= 0.3 is 6.03 Å². The van der Waals surface area contributed by atoms with E-state index in [1.165, 1.54) is 6.07 Å². The van der Waals surface area contributed by atoms with Gasteiger partial charge in [0.25, 0.3) is 6.43 Å². The first kappa shape index (κ1) is 23.3. The van der Waals surface area contributed by atoms with Gasteiger partial charge in [-0.15, -0.1) is 0 Å². The number of amides is 2. The molecule has 0 radical (unpaired) electrons. The summed E-state index contributed by atoms with van der Waals surface area (Å²) in [4.78, 5) is 19.3. The zero-order valence-electron chi connectivity index (χ0n) is 19.2. The first-order valence-corrected chi connectivity index (χ1v) is 11.4. The number of nitrogens with one attached hydrogen (secondary N) is 2. The largest absolute Gasteiger partial charge is 0.454 e. The van der Waals surface area contributed by atoms with Crippen LogP contribution >= 0.6 is 0 Å². The lowest BCUT2D eigenvalue weighted by atomic mass is 9.94. The summed E-state index contributed by atoms with van der Waals surface area (Å²) in [6.45, 7) is 2.76. The van der Waals surface area contributed by atoms with Crippen LogP contribution in [-0.4, -0.2) is 62.1 Å². The van der Waals surface area contributed by atoms with Gasteiger partial charge < -0.3 is 24.8 Å². The number of likely N-dealkylation sites (tertiary alicyclic amines) is 1. The first-order chi connectivity index (χ1) is 17.0. The minimum absolute atomic E-state index is 0.0469. The van der Waals surface area contributed by atoms with Crippen molar-refractivity contribution >= 4 is 22.6 Å². The number of hydrogen-bond acceptors (Lipinski definition) is 6. The molecule has 0 unspecified atom stereocenters. The second kappa shape index (κ2) is 10.0. The number of carbonyl (C=O) groups is 1. The van der Waals surface area contributed by atoms with Crippen molar-refractivity contribution < 1.29 is 27.8 Å². The van der Waals surface area contributed by atoms with Crippen LogP contribution in [-0.2, 0) is 4.74 Å². The Balaban J connectivity index is 1.36. The highest BCUT2D eigenvalue weighted by molar-refractivity contribution is 5.94. The minimum atomic E-state index is -2.87. The van der Waals surface area contributed by atoms with Gasteiger partial charge in [0.05, 0.1) is 23.9 Å². The number of urea groups is 1. The molecular formula is C25H26F2N4O4. The fourth-order valence-corrected chi connectivity index (χ4v) is 4.64. The zero-order valence-corrected chi connectivity index (χ0v) is 19.2. The molecule has 2 atom stereocenters. The number of pyridine rings is 1. The minimum Gasteiger partial charge on any atom is -0.454 e. The van der Waals surface area contributed by atoms with Crippen LogP contribution in [0.1, 0.15) is 23.6 Å². The molecule has 1 fully saturated rings. The normalized spacial score (nSPS) is 19.4. The standard InChI is InChI=1S/C25H26F2N4O4/c1-33-8-7-31-12-17(15-5-3-2-4-6-15)20(13-31)30-25(32)29-19-9-16-10-21-22(35-14-34-21)11-18(16)28-23(19)24(26)27/h2-6,9-11,17,20,24H,7-8,12-14H2,1H3,(H2,29,30,32)/t17-,20+/m0/s1. The van der Waals surface area contributed by atoms with E-state index in [0.717, 1.165) is 18.7 Å². The van der Waals surface area contributed by atoms with Crippen LogP contribution in [0, 0.1) is 0 Å². The predicted octanol–water partition coefficient (Wildman–Crippen LogP) is 4.14. The fourth-order valence-electron chi connectivity index (χ4n) is 4.64. The molecule has 2 N–H and O–H groups in total. The van der Waals surface area contributed by atoms with Crippen molar-refractivity contribution in [1.29, 1.82) is 0 Å². The van der Waals surface area contributed by atoms with Crippen molar-refractivity contribution in [2.24, 2.45) is 0 Å². The van der Waals surface area contributed by atoms with Gasteiger partial charge in [-0.2, -0.15) is 0 Å². The molecule has 0 aliphatic carbocycles. The number of rotatable bonds is 7. The zero-order chi connectivity index (χ0) is 24.4. The van der Waals surface area contributed by atoms with Gasteiger partial charge in [-0.05, 0) is 17.7 Å². The highest BCUT2D eigenvalue weighted by Crippen LogP contribution is 2.38. The van der Waals surface area contributed by atoms with Crippen LogP contribution in [0.4, 0.5) is 19.3 Å². The lowest BCUT2D eigenvalue weighted by Gasteiger charge is -2.21. The maximum absolute atomic E-state index is 13.8. The lowest BCUT2D eigenvalue weighted by Crippen LogP contribution is -2.42. The third-order valence-corrected chi connectivity index (χ3v) is 6.34. The number of methoxy groups -OCH3 is 1. The number of alkyl halides is 2. The molecule has 3 heterocycles. The van der Waals surface area contributed by atoms with Crippen molar-refractivity contribution in [3.8, 4) is 11.5 Å². The summed E-state index contributed by atoms with van der Waals surface area (Å²) in [5, 5.41) is 6.15. The van der Waals surface area contributed by atoms with E-state index in [0.29, 0.717) is 35.6 Å². The summed E-state index contributed by atoms with van der Waals surface area (Å²) < 4.78 is 43.5. The van der Waals surface area contributed by atoms with Crippen LogP contribution in [0.5, 0.6) is 11.5 Å². The van der Waals surface area contributed by atoms with Gasteiger partial charge in [0.2, 0.25) is 6.79 Å². The molecule has 0 bridgehead atoms. The topological polar surface area (TPSA) is 85.0 Å². The number of carbonyl (C=O) groups excluding carboxylic acids is 1. The highest BCUT2D eigenvalue weighted by atomic mass is 19.3. The fraction of sp³-hybridized carbons (Fsp3) is 0.360. The molecule has 2 aliphatic rings. The summed E-state index contributed by atoms with van der Waals surface area (Å²) in [7, 11) is 1.65. The SMILES string of the molecule is COCCN1C[C@@H](NC(=O)Nc2cc3cc4c(cc3nc2C(F)F)OCO4)[C@H](c2ccccc2)C1. The predicted molar refractivity (Wildman–Crippen MR) is 126 cm³/mol. The maximum atomic E-state index is 13.8. The van der Waals surface area contributed by atoms with Crippen molar-refractivity contribution in [2.75, 3.05) is 45.5 Å². The molecule has 2 aromatic carbocycles. The number of hydrogen-bond donors (Lipinski definition) is 2. The Morgan fingerprint density at radius 2 is 1.94 bits per heavy atom. The van der Waals surface area contributed by atoms with Crippen molar-refractivity contribution in [3.63, 3.8) is 0 Å². The van der Waals surface area contributed by atoms with Gasteiger partial charge in [-0.25, -0.2) is 18.6 Å². The number of anilines is 1. The van der Waals surface area contributed by atoms with Crippen molar-refractivity contribution in [1.82, 2.24) is 15.2 Å². The van der Waals surface area contributed by atoms with Crippen LogP contribution in [0.25, 0.3) is 10.9 Å². The molecule has 0 saturated carbocycles. The van der Waals surface area contributed by atoms with E-state index >= 15 is 0 Å². The third kappa shape index (κ3) is 4.98. The molecule has 184 valence electrons. The van der Waals surface area contributed by atoms with Crippen LogP contribution in [0.3, 0.4) is 0 Å². The van der Waals surface area contributed by atoms with Gasteiger partial charge in [0.15, 0.2) is 11.5 Å². The van der Waals surface area contributed by atoms with Crippen molar-refractivity contribution in [3.05, 3.63) is 59.8 Å². The average Bonchev–Trinajstić information content (AvgIpc) is 3.47. The number of fused-ring (bicyclic) bond motifs is 2. The van der Waals surface area contributed by atoms with Crippen LogP contribution in [0.2, 0.25) is 0 Å². The molecule has 1 saturated heterocycles. The van der Waals surface area contributed by atoms with Crippen LogP contribution in [0.15, 0.2) is 48.5 Å². The lowest BCUT2D eigenvalue weighted by molar-refractivity contribution is 0.147. The van der Waals surface area contributed by atoms with Crippen LogP contribution < -0.4 is 20.1 Å². The van der Waals surface area contributed by atoms with E-state index in [1.807, 2.05) is 30.3 Å². The van der Waals surface area contributed by atoms with Gasteiger partial charge in [-0.3, -0.25) is 4.90 Å². The molecule has 3 aromatic rings. The Kier molecular flexibility index (Phi) is 6.65. The summed E-state index contributed by atoms with van der Waals surface area (Å²) in [6.07, 6.45) is -2.87. The third-order valence-electron chi connectivity index (χ3n) is 6.34. The molecule has 2 amide bonds. The molecular weight excluding hydrogens is 458 g/mol. The number of benzene rings is 2. The molecule has 10 heteroatoms. The second-order valence-electron chi connectivity index (χ2n) is 8.59. The first-order valence-electron chi connectivity index (χ1n) is 11.4. The summed E-state index contributed by atoms with van der Waals surface area (Å²) in [5.74, 6) is 1.02. The second-order valence-corrected chi connectivity index (χ2v) is 8.59. The number of ether oxygens (including phenoxy) is 3. The Labute approximate surface area is 201 Å².